The van der Waals surface area contributed by atoms with Crippen LogP contribution in [0.2, 0.25) is 0 Å². The number of anilines is 2. The number of nitrogens with two attached hydrogens (primary N) is 1. The molecule has 2 N–H and O–H groups in total. The number of hydrogen-bond donors (Lipinski definition) is 1. The van der Waals surface area contributed by atoms with Crippen molar-refractivity contribution in [3.05, 3.63) is 11.8 Å². The van der Waals surface area contributed by atoms with E-state index in [1.165, 1.54) is 38.5 Å². The normalized spacial score (nSPS) is 21.3. The van der Waals surface area contributed by atoms with E-state index in [1.807, 2.05) is 6.07 Å². The predicted octanol–water partition coefficient (Wildman–Crippen LogP) is 2.32. The quantitative estimate of drug-likeness (QED) is 0.850. The summed E-state index contributed by atoms with van der Waals surface area (Å²) >= 11 is 0. The van der Waals surface area contributed by atoms with Crippen LogP contribution in [0.3, 0.4) is 0 Å². The second-order valence-corrected chi connectivity index (χ2v) is 5.19. The highest BCUT2D eigenvalue weighted by Gasteiger charge is 2.22. The van der Waals surface area contributed by atoms with Gasteiger partial charge in [0.1, 0.15) is 5.82 Å². The van der Waals surface area contributed by atoms with Crippen LogP contribution in [0, 0.1) is 0 Å². The summed E-state index contributed by atoms with van der Waals surface area (Å²) in [6, 6.07) is 1.97. The van der Waals surface area contributed by atoms with Crippen LogP contribution in [0.15, 0.2) is 6.07 Å². The second-order valence-electron chi connectivity index (χ2n) is 5.19. The van der Waals surface area contributed by atoms with Gasteiger partial charge in [-0.3, -0.25) is 0 Å². The van der Waals surface area contributed by atoms with Crippen LogP contribution in [-0.2, 0) is 0 Å². The Hall–Kier alpha value is -1.32. The highest BCUT2D eigenvalue weighted by atomic mass is 15.3. The zero-order valence-electron chi connectivity index (χ0n) is 10.2. The van der Waals surface area contributed by atoms with Crippen molar-refractivity contribution < 1.29 is 0 Å². The summed E-state index contributed by atoms with van der Waals surface area (Å²) in [6.07, 6.45) is 7.67. The Morgan fingerprint density at radius 2 is 1.76 bits per heavy atom. The van der Waals surface area contributed by atoms with Crippen molar-refractivity contribution in [1.29, 1.82) is 0 Å². The molecule has 4 nitrogen and oxygen atoms in total. The van der Waals surface area contributed by atoms with Crippen LogP contribution in [0.25, 0.3) is 0 Å². The molecule has 17 heavy (non-hydrogen) atoms. The molecule has 2 fully saturated rings. The average molecular weight is 232 g/mol. The molecule has 0 bridgehead atoms. The van der Waals surface area contributed by atoms with E-state index in [2.05, 4.69) is 9.88 Å². The van der Waals surface area contributed by atoms with Crippen LogP contribution >= 0.6 is 0 Å². The third-order valence-corrected chi connectivity index (χ3v) is 3.92. The molecule has 2 heterocycles. The van der Waals surface area contributed by atoms with Crippen molar-refractivity contribution in [1.82, 2.24) is 9.97 Å². The molecule has 1 saturated carbocycles. The molecule has 2 aliphatic rings. The minimum absolute atomic E-state index is 0.613. The molecular weight excluding hydrogens is 212 g/mol. The maximum Gasteiger partial charge on any atom is 0.227 e. The Morgan fingerprint density at radius 1 is 1.06 bits per heavy atom. The number of rotatable bonds is 2. The van der Waals surface area contributed by atoms with Crippen molar-refractivity contribution >= 4 is 11.8 Å². The standard InChI is InChI=1S/C13H20N4/c14-12-9-11(10-5-1-2-6-10)15-13(16-12)17-7-3-4-8-17/h9-10H,1-8H2,(H2,14,15,16). The van der Waals surface area contributed by atoms with E-state index in [0.717, 1.165) is 24.7 Å². The Balaban J connectivity index is 1.88. The molecule has 0 spiro atoms. The molecule has 4 heteroatoms. The SMILES string of the molecule is Nc1cc(C2CCCC2)nc(N2CCCC2)n1. The molecule has 1 aromatic rings. The van der Waals surface area contributed by atoms with E-state index in [1.54, 1.807) is 0 Å². The number of nitrogen functional groups attached to an aromatic ring is 1. The van der Waals surface area contributed by atoms with Crippen LogP contribution < -0.4 is 10.6 Å². The maximum atomic E-state index is 5.92. The number of hydrogen-bond acceptors (Lipinski definition) is 4. The first-order chi connectivity index (χ1) is 8.33. The molecule has 0 atom stereocenters. The van der Waals surface area contributed by atoms with E-state index in [-0.39, 0.29) is 0 Å². The lowest BCUT2D eigenvalue weighted by Crippen LogP contribution is -2.21. The van der Waals surface area contributed by atoms with Gasteiger partial charge in [0, 0.05) is 25.1 Å². The van der Waals surface area contributed by atoms with E-state index in [4.69, 9.17) is 10.7 Å². The monoisotopic (exact) mass is 232 g/mol. The molecule has 0 amide bonds. The van der Waals surface area contributed by atoms with Crippen molar-refractivity contribution in [2.24, 2.45) is 0 Å². The van der Waals surface area contributed by atoms with Gasteiger partial charge in [0.05, 0.1) is 5.69 Å². The summed E-state index contributed by atoms with van der Waals surface area (Å²) in [4.78, 5) is 11.4. The summed E-state index contributed by atoms with van der Waals surface area (Å²) in [6.45, 7) is 2.15. The first kappa shape index (κ1) is 10.8. The lowest BCUT2D eigenvalue weighted by molar-refractivity contribution is 0.691. The van der Waals surface area contributed by atoms with Gasteiger partial charge in [0.25, 0.3) is 0 Å². The van der Waals surface area contributed by atoms with Crippen molar-refractivity contribution in [3.8, 4) is 0 Å². The zero-order chi connectivity index (χ0) is 11.7. The van der Waals surface area contributed by atoms with Crippen LogP contribution in [0.5, 0.6) is 0 Å². The zero-order valence-corrected chi connectivity index (χ0v) is 10.2. The molecule has 0 unspecified atom stereocenters. The number of aromatic nitrogens is 2. The molecule has 0 radical (unpaired) electrons. The predicted molar refractivity (Wildman–Crippen MR) is 69.1 cm³/mol. The lowest BCUT2D eigenvalue weighted by Gasteiger charge is -2.18. The molecule has 1 aliphatic carbocycles. The molecular formula is C13H20N4. The minimum atomic E-state index is 0.613. The minimum Gasteiger partial charge on any atom is -0.384 e. The van der Waals surface area contributed by atoms with E-state index >= 15 is 0 Å². The fourth-order valence-corrected chi connectivity index (χ4v) is 2.96. The van der Waals surface area contributed by atoms with Gasteiger partial charge in [-0.25, -0.2) is 4.98 Å². The summed E-state index contributed by atoms with van der Waals surface area (Å²) in [7, 11) is 0. The summed E-state index contributed by atoms with van der Waals surface area (Å²) < 4.78 is 0. The van der Waals surface area contributed by atoms with Gasteiger partial charge < -0.3 is 10.6 Å². The molecule has 1 saturated heterocycles. The van der Waals surface area contributed by atoms with E-state index in [9.17, 15) is 0 Å². The van der Waals surface area contributed by atoms with Gasteiger partial charge in [-0.2, -0.15) is 4.98 Å². The van der Waals surface area contributed by atoms with Gasteiger partial charge in [0.15, 0.2) is 0 Å². The molecule has 1 aromatic heterocycles. The van der Waals surface area contributed by atoms with Gasteiger partial charge >= 0.3 is 0 Å². The molecule has 92 valence electrons. The smallest absolute Gasteiger partial charge is 0.227 e. The van der Waals surface area contributed by atoms with Crippen LogP contribution in [0.4, 0.5) is 11.8 Å². The second kappa shape index (κ2) is 4.51. The average Bonchev–Trinajstić information content (AvgIpc) is 3.02. The van der Waals surface area contributed by atoms with E-state index in [0.29, 0.717) is 11.7 Å². The van der Waals surface area contributed by atoms with Gasteiger partial charge in [-0.05, 0) is 25.7 Å². The first-order valence-corrected chi connectivity index (χ1v) is 6.72. The van der Waals surface area contributed by atoms with Crippen molar-refractivity contribution in [3.63, 3.8) is 0 Å². The Morgan fingerprint density at radius 3 is 2.47 bits per heavy atom. The lowest BCUT2D eigenvalue weighted by atomic mass is 10.0. The van der Waals surface area contributed by atoms with Gasteiger partial charge in [-0.15, -0.1) is 0 Å². The van der Waals surface area contributed by atoms with Gasteiger partial charge in [-0.1, -0.05) is 12.8 Å². The molecule has 3 rings (SSSR count). The fraction of sp³-hybridized carbons (Fsp3) is 0.692. The Bertz CT molecular complexity index is 358. The highest BCUT2D eigenvalue weighted by molar-refractivity contribution is 5.42. The first-order valence-electron chi connectivity index (χ1n) is 6.72. The largest absolute Gasteiger partial charge is 0.384 e. The van der Waals surface area contributed by atoms with Gasteiger partial charge in [0.2, 0.25) is 5.95 Å². The van der Waals surface area contributed by atoms with Crippen LogP contribution in [0.1, 0.15) is 50.1 Å². The third-order valence-electron chi connectivity index (χ3n) is 3.92. The Labute approximate surface area is 102 Å². The third kappa shape index (κ3) is 2.21. The Kier molecular flexibility index (Phi) is 2.87. The van der Waals surface area contributed by atoms with Crippen LogP contribution in [-0.4, -0.2) is 23.1 Å². The highest BCUT2D eigenvalue weighted by Crippen LogP contribution is 2.34. The topological polar surface area (TPSA) is 55.0 Å². The van der Waals surface area contributed by atoms with Crippen molar-refractivity contribution in [2.45, 2.75) is 44.4 Å². The summed E-state index contributed by atoms with van der Waals surface area (Å²) in [5.74, 6) is 2.09. The summed E-state index contributed by atoms with van der Waals surface area (Å²) in [5.41, 5.74) is 7.08. The fourth-order valence-electron chi connectivity index (χ4n) is 2.96. The van der Waals surface area contributed by atoms with Crippen molar-refractivity contribution in [2.75, 3.05) is 23.7 Å². The molecule has 0 aromatic carbocycles. The maximum absolute atomic E-state index is 5.92. The van der Waals surface area contributed by atoms with E-state index < -0.39 is 0 Å². The summed E-state index contributed by atoms with van der Waals surface area (Å²) in [5, 5.41) is 0. The number of nitrogens with zero attached hydrogens (tertiary/aromatic N) is 3. The molecule has 1 aliphatic heterocycles.